The van der Waals surface area contributed by atoms with Crippen molar-refractivity contribution in [1.82, 2.24) is 12.7 Å². The lowest BCUT2D eigenvalue weighted by Crippen LogP contribution is -2.22. The normalized spacial score (nSPS) is 11.8. The number of fused-ring (bicyclic) bond motifs is 1. The van der Waals surface area contributed by atoms with Crippen molar-refractivity contribution < 1.29 is 14.6 Å². The number of halogens is 1. The molecule has 0 radical (unpaired) electrons. The van der Waals surface area contributed by atoms with Crippen LogP contribution in [0.2, 0.25) is 0 Å². The molecule has 0 aliphatic carbocycles. The van der Waals surface area contributed by atoms with Crippen molar-refractivity contribution in [2.24, 2.45) is 5.41 Å². The van der Waals surface area contributed by atoms with Crippen LogP contribution in [0.25, 0.3) is 11.4 Å². The lowest BCUT2D eigenvalue weighted by Gasteiger charge is -2.17. The molecule has 7 heteroatoms. The van der Waals surface area contributed by atoms with Gasteiger partial charge in [-0.2, -0.15) is 0 Å². The molecule has 0 spiro atoms. The molecule has 0 aromatic heterocycles. The fourth-order valence-electron chi connectivity index (χ4n) is 1.72. The summed E-state index contributed by atoms with van der Waals surface area (Å²) in [6.45, 7) is 7.26. The summed E-state index contributed by atoms with van der Waals surface area (Å²) in [5.74, 6) is 0.213. The van der Waals surface area contributed by atoms with Gasteiger partial charge < -0.3 is 9.84 Å². The minimum absolute atomic E-state index is 0.0537. The summed E-state index contributed by atoms with van der Waals surface area (Å²) < 4.78 is 6.77. The second-order valence-corrected chi connectivity index (χ2v) is 6.62. The summed E-state index contributed by atoms with van der Waals surface area (Å²) in [7, 11) is 0. The van der Waals surface area contributed by atoms with Crippen LogP contribution in [0.3, 0.4) is 0 Å². The van der Waals surface area contributed by atoms with Gasteiger partial charge in [-0.25, -0.2) is 12.7 Å². The topological polar surface area (TPSA) is 77.2 Å². The van der Waals surface area contributed by atoms with Crippen LogP contribution in [0.4, 0.5) is 0 Å². The van der Waals surface area contributed by atoms with Crippen LogP contribution >= 0.6 is 22.9 Å². The van der Waals surface area contributed by atoms with Gasteiger partial charge >= 0.3 is 5.97 Å². The summed E-state index contributed by atoms with van der Waals surface area (Å²) in [6.07, 6.45) is 1.48. The molecule has 0 saturated heterocycles. The molecule has 0 fully saturated rings. The third kappa shape index (κ3) is 2.72. The summed E-state index contributed by atoms with van der Waals surface area (Å²) >= 11 is 1.92. The molecule has 2 aliphatic heterocycles. The van der Waals surface area contributed by atoms with Crippen molar-refractivity contribution in [2.45, 2.75) is 34.3 Å². The molecule has 20 heavy (non-hydrogen) atoms. The SMILES string of the molecule is Cc1nc2ncn(I)c(O)c-2c1COC(=O)C(C)(C)C. The monoisotopic (exact) mass is 389 g/mol. The van der Waals surface area contributed by atoms with Gasteiger partial charge in [0.15, 0.2) is 5.82 Å². The Morgan fingerprint density at radius 1 is 1.50 bits per heavy atom. The van der Waals surface area contributed by atoms with Gasteiger partial charge in [0, 0.05) is 11.3 Å². The van der Waals surface area contributed by atoms with E-state index >= 15 is 0 Å². The van der Waals surface area contributed by atoms with Crippen molar-refractivity contribution >= 4 is 28.8 Å². The maximum Gasteiger partial charge on any atom is 0.311 e. The number of nitrogens with zero attached hydrogens (tertiary/aromatic N) is 3. The lowest BCUT2D eigenvalue weighted by molar-refractivity contribution is -0.154. The van der Waals surface area contributed by atoms with Gasteiger partial charge in [0.25, 0.3) is 0 Å². The third-order valence-electron chi connectivity index (χ3n) is 2.90. The average Bonchev–Trinajstić information content (AvgIpc) is 2.66. The molecule has 2 rings (SSSR count). The Morgan fingerprint density at radius 3 is 2.75 bits per heavy atom. The molecule has 108 valence electrons. The Hall–Kier alpha value is -1.38. The van der Waals surface area contributed by atoms with Gasteiger partial charge in [-0.3, -0.25) is 4.79 Å². The maximum absolute atomic E-state index is 11.8. The molecule has 0 aromatic rings. The van der Waals surface area contributed by atoms with E-state index in [0.29, 0.717) is 22.6 Å². The lowest BCUT2D eigenvalue weighted by atomic mass is 9.97. The minimum Gasteiger partial charge on any atom is -0.493 e. The summed E-state index contributed by atoms with van der Waals surface area (Å²) in [5, 5.41) is 10.1. The number of rotatable bonds is 2. The van der Waals surface area contributed by atoms with E-state index < -0.39 is 5.41 Å². The van der Waals surface area contributed by atoms with Crippen LogP contribution in [-0.4, -0.2) is 23.8 Å². The Balaban J connectivity index is 2.34. The van der Waals surface area contributed by atoms with Crippen LogP contribution in [0.5, 0.6) is 5.88 Å². The molecule has 0 bridgehead atoms. The van der Waals surface area contributed by atoms with E-state index in [1.165, 1.54) is 9.11 Å². The van der Waals surface area contributed by atoms with Crippen LogP contribution in [0.15, 0.2) is 6.33 Å². The number of ether oxygens (including phenoxy) is 1. The summed E-state index contributed by atoms with van der Waals surface area (Å²) in [4.78, 5) is 20.3. The second-order valence-electron chi connectivity index (χ2n) is 5.58. The zero-order valence-electron chi connectivity index (χ0n) is 11.8. The van der Waals surface area contributed by atoms with Crippen molar-refractivity contribution in [1.29, 1.82) is 0 Å². The molecule has 1 N–H and O–H groups in total. The minimum atomic E-state index is -0.562. The standard InChI is InChI=1S/C13H16IN3O3/c1-7-8(5-20-12(19)13(2,3)4)9-10(16-7)15-6-17(14)11(9)18/h6,18H,5H2,1-4H3. The summed E-state index contributed by atoms with van der Waals surface area (Å²) in [6, 6.07) is 0. The largest absolute Gasteiger partial charge is 0.493 e. The predicted octanol–water partition coefficient (Wildman–Crippen LogP) is 2.68. The number of hydrogen-bond donors (Lipinski definition) is 1. The van der Waals surface area contributed by atoms with Gasteiger partial charge in [-0.1, -0.05) is 0 Å². The Kier molecular flexibility index (Phi) is 3.90. The van der Waals surface area contributed by atoms with Gasteiger partial charge in [-0.15, -0.1) is 0 Å². The first-order valence-electron chi connectivity index (χ1n) is 6.10. The fraction of sp³-hybridized carbons (Fsp3) is 0.462. The zero-order valence-corrected chi connectivity index (χ0v) is 13.9. The molecule has 0 saturated carbocycles. The highest BCUT2D eigenvalue weighted by molar-refractivity contribution is 14.1. The first-order chi connectivity index (χ1) is 9.21. The van der Waals surface area contributed by atoms with E-state index in [1.54, 1.807) is 27.7 Å². The van der Waals surface area contributed by atoms with Gasteiger partial charge in [0.1, 0.15) is 12.9 Å². The molecule has 0 amide bonds. The Bertz CT molecular complexity index is 631. The molecule has 2 aliphatic rings. The third-order valence-corrected chi connectivity index (χ3v) is 3.61. The zero-order chi connectivity index (χ0) is 15.1. The number of carbonyl (C=O) groups excluding carboxylic acids is 1. The second kappa shape index (κ2) is 5.19. The number of aromatic hydroxyl groups is 1. The van der Waals surface area contributed by atoms with Gasteiger partial charge in [-0.05, 0) is 27.7 Å². The number of esters is 1. The Morgan fingerprint density at radius 2 is 2.15 bits per heavy atom. The van der Waals surface area contributed by atoms with Crippen LogP contribution in [0.1, 0.15) is 32.0 Å². The Labute approximate surface area is 131 Å². The van der Waals surface area contributed by atoms with Crippen LogP contribution in [-0.2, 0) is 16.1 Å². The first kappa shape index (κ1) is 15.0. The van der Waals surface area contributed by atoms with E-state index in [4.69, 9.17) is 4.74 Å². The number of aryl methyl sites for hydroxylation is 1. The highest BCUT2D eigenvalue weighted by atomic mass is 127. The molecule has 0 atom stereocenters. The average molecular weight is 389 g/mol. The van der Waals surface area contributed by atoms with E-state index in [2.05, 4.69) is 9.97 Å². The van der Waals surface area contributed by atoms with Crippen molar-refractivity contribution in [3.8, 4) is 17.3 Å². The number of hydrogen-bond acceptors (Lipinski definition) is 5. The highest BCUT2D eigenvalue weighted by Crippen LogP contribution is 2.36. The molecular formula is C13H16IN3O3. The van der Waals surface area contributed by atoms with E-state index in [-0.39, 0.29) is 18.5 Å². The molecule has 6 nitrogen and oxygen atoms in total. The molecular weight excluding hydrogens is 373 g/mol. The van der Waals surface area contributed by atoms with Crippen molar-refractivity contribution in [2.75, 3.05) is 0 Å². The maximum atomic E-state index is 11.8. The van der Waals surface area contributed by atoms with Crippen LogP contribution in [0, 0.1) is 12.3 Å². The fourth-order valence-corrected chi connectivity index (χ4v) is 2.09. The predicted molar refractivity (Wildman–Crippen MR) is 81.7 cm³/mol. The highest BCUT2D eigenvalue weighted by Gasteiger charge is 2.26. The molecule has 0 unspecified atom stereocenters. The van der Waals surface area contributed by atoms with Crippen LogP contribution < -0.4 is 0 Å². The van der Waals surface area contributed by atoms with E-state index in [9.17, 15) is 9.90 Å². The molecule has 2 heterocycles. The van der Waals surface area contributed by atoms with Gasteiger partial charge in [0.05, 0.1) is 33.8 Å². The summed E-state index contributed by atoms with van der Waals surface area (Å²) in [5.41, 5.74) is 1.36. The number of carbonyl (C=O) groups is 1. The molecule has 0 aromatic carbocycles. The van der Waals surface area contributed by atoms with Crippen molar-refractivity contribution in [3.05, 3.63) is 17.6 Å². The smallest absolute Gasteiger partial charge is 0.311 e. The quantitative estimate of drug-likeness (QED) is 0.632. The first-order valence-corrected chi connectivity index (χ1v) is 7.07. The van der Waals surface area contributed by atoms with E-state index in [1.807, 2.05) is 22.9 Å². The number of aromatic nitrogens is 3. The van der Waals surface area contributed by atoms with Gasteiger partial charge in [0.2, 0.25) is 5.88 Å². The van der Waals surface area contributed by atoms with E-state index in [0.717, 1.165) is 0 Å². The van der Waals surface area contributed by atoms with Crippen molar-refractivity contribution in [3.63, 3.8) is 0 Å².